The van der Waals surface area contributed by atoms with E-state index in [1.165, 1.54) is 14.0 Å². The summed E-state index contributed by atoms with van der Waals surface area (Å²) in [6, 6.07) is 0. The molecule has 2 amide bonds. The summed E-state index contributed by atoms with van der Waals surface area (Å²) < 4.78 is 4.43. The topological polar surface area (TPSA) is 125 Å². The molecule has 0 saturated carbocycles. The zero-order chi connectivity index (χ0) is 21.6. The fourth-order valence-corrected chi connectivity index (χ4v) is 3.35. The van der Waals surface area contributed by atoms with Crippen LogP contribution in [0.5, 0.6) is 0 Å². The molecular formula is C19H30N6O4. The molecule has 0 spiro atoms. The highest BCUT2D eigenvalue weighted by Gasteiger charge is 2.20. The first-order chi connectivity index (χ1) is 13.8. The van der Waals surface area contributed by atoms with Crippen LogP contribution in [0.3, 0.4) is 0 Å². The van der Waals surface area contributed by atoms with Gasteiger partial charge in [-0.1, -0.05) is 26.2 Å². The maximum atomic E-state index is 12.3. The molecule has 0 aliphatic carbocycles. The Kier molecular flexibility index (Phi) is 7.74. The van der Waals surface area contributed by atoms with Crippen LogP contribution in [-0.4, -0.2) is 48.5 Å². The van der Waals surface area contributed by atoms with E-state index in [-0.39, 0.29) is 23.7 Å². The molecule has 29 heavy (non-hydrogen) atoms. The summed E-state index contributed by atoms with van der Waals surface area (Å²) in [5, 5.41) is 0. The molecule has 3 rings (SSSR count). The molecule has 2 N–H and O–H groups in total. The molecule has 0 radical (unpaired) electrons. The van der Waals surface area contributed by atoms with E-state index in [0.717, 1.165) is 32.1 Å². The van der Waals surface area contributed by atoms with Crippen molar-refractivity contribution in [2.24, 2.45) is 19.8 Å². The normalized spacial score (nSPS) is 13.6. The molecule has 0 atom stereocenters. The van der Waals surface area contributed by atoms with Gasteiger partial charge in [-0.3, -0.25) is 23.5 Å². The Morgan fingerprint density at radius 3 is 2.48 bits per heavy atom. The smallest absolute Gasteiger partial charge is 0.332 e. The molecule has 0 bridgehead atoms. The predicted octanol–water partition coefficient (Wildman–Crippen LogP) is 0.108. The standard InChI is InChI=1S/C13H20N4O2.C6H10N2O2/c1-4-5-6-7-8-17-12(18)10-11(14-9-15(10)2)16(3)13(17)19;7-5(9)4-8-3-1-2-6(8)10/h9H,4-8H2,1-3H3;1-4H2,(H2,7,9). The lowest BCUT2D eigenvalue weighted by atomic mass is 10.2. The molecule has 10 nitrogen and oxygen atoms in total. The van der Waals surface area contributed by atoms with E-state index in [9.17, 15) is 19.2 Å². The van der Waals surface area contributed by atoms with Crippen LogP contribution in [0, 0.1) is 0 Å². The number of hydrogen-bond donors (Lipinski definition) is 1. The molecule has 2 aromatic heterocycles. The van der Waals surface area contributed by atoms with E-state index in [4.69, 9.17) is 5.73 Å². The van der Waals surface area contributed by atoms with Gasteiger partial charge in [0, 0.05) is 33.6 Å². The van der Waals surface area contributed by atoms with Crippen molar-refractivity contribution in [3.8, 4) is 0 Å². The number of unbranched alkanes of at least 4 members (excludes halogenated alkanes) is 3. The molecule has 1 aliphatic rings. The number of rotatable bonds is 7. The zero-order valence-electron chi connectivity index (χ0n) is 17.4. The molecule has 3 heterocycles. The first kappa shape index (κ1) is 22.4. The van der Waals surface area contributed by atoms with E-state index >= 15 is 0 Å². The van der Waals surface area contributed by atoms with Gasteiger partial charge in [0.15, 0.2) is 11.2 Å². The number of aryl methyl sites for hydroxylation is 2. The third kappa shape index (κ3) is 5.33. The van der Waals surface area contributed by atoms with Crippen molar-refractivity contribution in [2.75, 3.05) is 13.1 Å². The highest BCUT2D eigenvalue weighted by molar-refractivity contribution is 5.84. The Bertz CT molecular complexity index is 987. The van der Waals surface area contributed by atoms with E-state index in [1.807, 2.05) is 0 Å². The van der Waals surface area contributed by atoms with Gasteiger partial charge in [-0.25, -0.2) is 9.78 Å². The number of amides is 2. The van der Waals surface area contributed by atoms with Crippen molar-refractivity contribution in [3.05, 3.63) is 27.2 Å². The summed E-state index contributed by atoms with van der Waals surface area (Å²) in [7, 11) is 3.42. The van der Waals surface area contributed by atoms with Gasteiger partial charge in [0.05, 0.1) is 12.9 Å². The lowest BCUT2D eigenvalue weighted by Gasteiger charge is -2.11. The number of carbonyl (C=O) groups is 2. The van der Waals surface area contributed by atoms with Gasteiger partial charge in [-0.2, -0.15) is 0 Å². The number of hydrogen-bond acceptors (Lipinski definition) is 5. The van der Waals surface area contributed by atoms with E-state index in [2.05, 4.69) is 11.9 Å². The first-order valence-electron chi connectivity index (χ1n) is 9.94. The summed E-state index contributed by atoms with van der Waals surface area (Å²) in [6.07, 6.45) is 7.13. The molecule has 0 unspecified atom stereocenters. The lowest BCUT2D eigenvalue weighted by Crippen LogP contribution is -2.39. The van der Waals surface area contributed by atoms with Crippen molar-refractivity contribution < 1.29 is 9.59 Å². The number of aromatic nitrogens is 4. The fraction of sp³-hybridized carbons (Fsp3) is 0.632. The third-order valence-electron chi connectivity index (χ3n) is 4.95. The Hall–Kier alpha value is -2.91. The fourth-order valence-electron chi connectivity index (χ4n) is 3.35. The number of nitrogens with two attached hydrogens (primary N) is 1. The van der Waals surface area contributed by atoms with Crippen molar-refractivity contribution >= 4 is 23.0 Å². The maximum absolute atomic E-state index is 12.3. The number of likely N-dealkylation sites (tertiary alicyclic amines) is 1. The van der Waals surface area contributed by atoms with Crippen LogP contribution >= 0.6 is 0 Å². The molecule has 1 saturated heterocycles. The number of imidazole rings is 1. The van der Waals surface area contributed by atoms with Gasteiger partial charge in [0.1, 0.15) is 0 Å². The van der Waals surface area contributed by atoms with Gasteiger partial charge in [-0.15, -0.1) is 0 Å². The number of nitrogens with zero attached hydrogens (tertiary/aromatic N) is 5. The van der Waals surface area contributed by atoms with Crippen LogP contribution in [0.1, 0.15) is 45.4 Å². The second-order valence-electron chi connectivity index (χ2n) is 7.27. The summed E-state index contributed by atoms with van der Waals surface area (Å²) in [5.41, 5.74) is 5.31. The van der Waals surface area contributed by atoms with Gasteiger partial charge >= 0.3 is 5.69 Å². The molecule has 10 heteroatoms. The van der Waals surface area contributed by atoms with Crippen LogP contribution in [-0.2, 0) is 30.2 Å². The summed E-state index contributed by atoms with van der Waals surface area (Å²) in [6.45, 7) is 3.38. The molecule has 0 aromatic carbocycles. The number of fused-ring (bicyclic) bond motifs is 1. The highest BCUT2D eigenvalue weighted by atomic mass is 16.2. The van der Waals surface area contributed by atoms with Crippen LogP contribution < -0.4 is 17.0 Å². The largest absolute Gasteiger partial charge is 0.368 e. The minimum absolute atomic E-state index is 0.0406. The summed E-state index contributed by atoms with van der Waals surface area (Å²) in [5.74, 6) is -0.394. The summed E-state index contributed by atoms with van der Waals surface area (Å²) in [4.78, 5) is 51.2. The van der Waals surface area contributed by atoms with E-state index < -0.39 is 5.91 Å². The van der Waals surface area contributed by atoms with Gasteiger partial charge in [0.25, 0.3) is 5.56 Å². The van der Waals surface area contributed by atoms with Crippen LogP contribution in [0.2, 0.25) is 0 Å². The Labute approximate surface area is 168 Å². The average Bonchev–Trinajstić information content (AvgIpc) is 3.25. The van der Waals surface area contributed by atoms with Crippen LogP contribution in [0.4, 0.5) is 0 Å². The van der Waals surface area contributed by atoms with Crippen LogP contribution in [0.15, 0.2) is 15.9 Å². The van der Waals surface area contributed by atoms with Crippen molar-refractivity contribution in [3.63, 3.8) is 0 Å². The number of carbonyl (C=O) groups excluding carboxylic acids is 2. The Balaban J connectivity index is 0.000000253. The molecule has 2 aromatic rings. The third-order valence-corrected chi connectivity index (χ3v) is 4.95. The van der Waals surface area contributed by atoms with E-state index in [0.29, 0.717) is 30.7 Å². The SMILES string of the molecule is CCCCCCn1c(=O)c2c(ncn2C)n(C)c1=O.NC(=O)CN1CCCC1=O. The lowest BCUT2D eigenvalue weighted by molar-refractivity contribution is -0.132. The van der Waals surface area contributed by atoms with E-state index in [1.54, 1.807) is 25.0 Å². The first-order valence-corrected chi connectivity index (χ1v) is 9.94. The van der Waals surface area contributed by atoms with Crippen molar-refractivity contribution in [1.29, 1.82) is 0 Å². The second kappa shape index (κ2) is 10.0. The summed E-state index contributed by atoms with van der Waals surface area (Å²) >= 11 is 0. The van der Waals surface area contributed by atoms with Crippen LogP contribution in [0.25, 0.3) is 11.2 Å². The quantitative estimate of drug-likeness (QED) is 0.653. The average molecular weight is 406 g/mol. The molecule has 1 fully saturated rings. The minimum atomic E-state index is -0.435. The molecular weight excluding hydrogens is 376 g/mol. The monoisotopic (exact) mass is 406 g/mol. The van der Waals surface area contributed by atoms with Crippen molar-refractivity contribution in [2.45, 2.75) is 52.0 Å². The molecule has 160 valence electrons. The van der Waals surface area contributed by atoms with Gasteiger partial charge in [0.2, 0.25) is 11.8 Å². The predicted molar refractivity (Wildman–Crippen MR) is 109 cm³/mol. The Morgan fingerprint density at radius 2 is 1.90 bits per heavy atom. The Morgan fingerprint density at radius 1 is 1.17 bits per heavy atom. The maximum Gasteiger partial charge on any atom is 0.332 e. The minimum Gasteiger partial charge on any atom is -0.368 e. The highest BCUT2D eigenvalue weighted by Crippen LogP contribution is 2.08. The number of primary amides is 1. The zero-order valence-corrected chi connectivity index (χ0v) is 17.4. The molecule has 1 aliphatic heterocycles. The van der Waals surface area contributed by atoms with Gasteiger partial charge in [-0.05, 0) is 12.8 Å². The van der Waals surface area contributed by atoms with Crippen molar-refractivity contribution in [1.82, 2.24) is 23.6 Å². The second-order valence-corrected chi connectivity index (χ2v) is 7.27. The van der Waals surface area contributed by atoms with Gasteiger partial charge < -0.3 is 15.2 Å².